The highest BCUT2D eigenvalue weighted by atomic mass is 35.5. The van der Waals surface area contributed by atoms with Crippen molar-refractivity contribution in [2.75, 3.05) is 23.3 Å². The largest absolute Gasteiger partial charge is 0.126 e. The molecule has 11 heavy (non-hydrogen) atoms. The summed E-state index contributed by atoms with van der Waals surface area (Å²) in [5.41, 5.74) is 0. The van der Waals surface area contributed by atoms with Crippen molar-refractivity contribution in [2.45, 2.75) is 0 Å². The zero-order valence-electron chi connectivity index (χ0n) is 5.63. The Hall–Kier alpha value is 2.33. The van der Waals surface area contributed by atoms with Crippen LogP contribution in [0.1, 0.15) is 0 Å². The van der Waals surface area contributed by atoms with Crippen molar-refractivity contribution in [2.24, 2.45) is 0 Å². The van der Waals surface area contributed by atoms with Gasteiger partial charge in [0, 0.05) is 23.3 Å². The van der Waals surface area contributed by atoms with Gasteiger partial charge in [0.2, 0.25) is 0 Å². The lowest BCUT2D eigenvalue weighted by Gasteiger charge is -1.95. The fourth-order valence-corrected chi connectivity index (χ4v) is 9.48. The molecule has 0 saturated heterocycles. The molecule has 0 unspecified atom stereocenters. The zero-order chi connectivity index (χ0) is 8.36. The van der Waals surface area contributed by atoms with E-state index in [2.05, 4.69) is 0 Å². The first-order valence-electron chi connectivity index (χ1n) is 2.78. The Morgan fingerprint density at radius 2 is 1.18 bits per heavy atom. The van der Waals surface area contributed by atoms with Gasteiger partial charge >= 0.3 is 0 Å². The summed E-state index contributed by atoms with van der Waals surface area (Å²) in [6.07, 6.45) is 0. The lowest BCUT2D eigenvalue weighted by atomic mass is 11.0. The predicted molar refractivity (Wildman–Crippen MR) is 69.1 cm³/mol. The summed E-state index contributed by atoms with van der Waals surface area (Å²) in [6, 6.07) is 0. The molecule has 0 bridgehead atoms. The standard InChI is InChI=1S/C4H8Cl2S5/c5-1-3-7-9-11-10-8-4-2-6/h1-4H2. The van der Waals surface area contributed by atoms with Crippen molar-refractivity contribution in [1.29, 1.82) is 0 Å². The van der Waals surface area contributed by atoms with Gasteiger partial charge in [0.25, 0.3) is 0 Å². The van der Waals surface area contributed by atoms with Crippen molar-refractivity contribution < 1.29 is 0 Å². The monoisotopic (exact) mass is 286 g/mol. The first kappa shape index (κ1) is 13.3. The smallest absolute Gasteiger partial charge is 0.0322 e. The van der Waals surface area contributed by atoms with Crippen LogP contribution in [0, 0.1) is 0 Å². The van der Waals surface area contributed by atoms with E-state index < -0.39 is 0 Å². The molecule has 0 aliphatic rings. The molecule has 0 aromatic heterocycles. The summed E-state index contributed by atoms with van der Waals surface area (Å²) in [5.74, 6) is 3.50. The summed E-state index contributed by atoms with van der Waals surface area (Å²) in [6.45, 7) is 0. The summed E-state index contributed by atoms with van der Waals surface area (Å²) in [4.78, 5) is 0. The quantitative estimate of drug-likeness (QED) is 0.356. The third-order valence-corrected chi connectivity index (χ3v) is 9.99. The molecule has 0 radical (unpaired) electrons. The van der Waals surface area contributed by atoms with E-state index in [4.69, 9.17) is 23.2 Å². The summed E-state index contributed by atoms with van der Waals surface area (Å²) >= 11 is 11.0. The second-order valence-electron chi connectivity index (χ2n) is 1.23. The molecular formula is C4H8Cl2S5. The SMILES string of the molecule is ClCCSSSSSCCCl. The Morgan fingerprint density at radius 1 is 0.727 bits per heavy atom. The molecule has 0 nitrogen and oxygen atoms in total. The molecule has 0 saturated carbocycles. The van der Waals surface area contributed by atoms with E-state index in [0.717, 1.165) is 23.3 Å². The second-order valence-corrected chi connectivity index (χ2v) is 9.99. The van der Waals surface area contributed by atoms with Gasteiger partial charge in [-0.05, 0) is 29.5 Å². The van der Waals surface area contributed by atoms with E-state index in [9.17, 15) is 0 Å². The van der Waals surface area contributed by atoms with E-state index in [-0.39, 0.29) is 0 Å². The maximum absolute atomic E-state index is 5.49. The van der Waals surface area contributed by atoms with E-state index in [1.807, 2.05) is 0 Å². The molecule has 68 valence electrons. The van der Waals surface area contributed by atoms with Gasteiger partial charge in [-0.25, -0.2) is 0 Å². The van der Waals surface area contributed by atoms with E-state index in [1.165, 1.54) is 0 Å². The Morgan fingerprint density at radius 3 is 1.55 bits per heavy atom. The van der Waals surface area contributed by atoms with Gasteiger partial charge in [-0.15, -0.1) is 23.2 Å². The van der Waals surface area contributed by atoms with Crippen molar-refractivity contribution in [3.05, 3.63) is 0 Å². The Labute approximate surface area is 96.7 Å². The summed E-state index contributed by atoms with van der Waals surface area (Å²) in [5, 5.41) is 0. The lowest BCUT2D eigenvalue weighted by Crippen LogP contribution is -1.71. The minimum atomic E-state index is 0.734. The third-order valence-electron chi connectivity index (χ3n) is 0.473. The molecule has 0 aromatic carbocycles. The van der Waals surface area contributed by atoms with Crippen LogP contribution in [0.25, 0.3) is 0 Å². The van der Waals surface area contributed by atoms with Crippen molar-refractivity contribution >= 4 is 74.3 Å². The Bertz CT molecular complexity index is 65.5. The molecular weight excluding hydrogens is 279 g/mol. The lowest BCUT2D eigenvalue weighted by molar-refractivity contribution is 1.55. The summed E-state index contributed by atoms with van der Waals surface area (Å²) in [7, 11) is 8.91. The molecule has 0 fully saturated rings. The first-order valence-corrected chi connectivity index (χ1v) is 10.3. The number of rotatable bonds is 8. The minimum absolute atomic E-state index is 0.734. The van der Waals surface area contributed by atoms with Gasteiger partial charge < -0.3 is 0 Å². The predicted octanol–water partition coefficient (Wildman–Crippen LogP) is 4.79. The van der Waals surface area contributed by atoms with Crippen LogP contribution in [-0.4, -0.2) is 23.3 Å². The van der Waals surface area contributed by atoms with Crippen molar-refractivity contribution in [3.63, 3.8) is 0 Å². The Balaban J connectivity index is 2.69. The highest BCUT2D eigenvalue weighted by Crippen LogP contribution is 2.48. The Kier molecular flexibility index (Phi) is 14.9. The molecule has 0 N–H and O–H groups in total. The van der Waals surface area contributed by atoms with Crippen LogP contribution in [-0.2, 0) is 0 Å². The molecule has 0 aromatic rings. The van der Waals surface area contributed by atoms with Gasteiger partial charge in [0.15, 0.2) is 0 Å². The van der Waals surface area contributed by atoms with Crippen molar-refractivity contribution in [1.82, 2.24) is 0 Å². The highest BCUT2D eigenvalue weighted by Gasteiger charge is 1.92. The van der Waals surface area contributed by atoms with E-state index in [0.29, 0.717) is 0 Å². The van der Waals surface area contributed by atoms with Crippen LogP contribution < -0.4 is 0 Å². The van der Waals surface area contributed by atoms with Crippen LogP contribution in [0.2, 0.25) is 0 Å². The highest BCUT2D eigenvalue weighted by molar-refractivity contribution is 9.35. The fourth-order valence-electron chi connectivity index (χ4n) is 0.182. The molecule has 0 aliphatic carbocycles. The van der Waals surface area contributed by atoms with Gasteiger partial charge in [-0.2, -0.15) is 0 Å². The van der Waals surface area contributed by atoms with E-state index in [1.54, 1.807) is 51.1 Å². The molecule has 0 spiro atoms. The van der Waals surface area contributed by atoms with E-state index >= 15 is 0 Å². The zero-order valence-corrected chi connectivity index (χ0v) is 11.2. The van der Waals surface area contributed by atoms with Gasteiger partial charge in [0.05, 0.1) is 0 Å². The maximum atomic E-state index is 5.49. The van der Waals surface area contributed by atoms with Gasteiger partial charge in [0.1, 0.15) is 0 Å². The molecule has 0 heterocycles. The second kappa shape index (κ2) is 12.3. The number of alkyl halides is 2. The topological polar surface area (TPSA) is 0 Å². The van der Waals surface area contributed by atoms with Crippen LogP contribution in [0.5, 0.6) is 0 Å². The number of hydrogen-bond donors (Lipinski definition) is 0. The third kappa shape index (κ3) is 12.3. The summed E-state index contributed by atoms with van der Waals surface area (Å²) < 4.78 is 0. The van der Waals surface area contributed by atoms with Crippen LogP contribution in [0.3, 0.4) is 0 Å². The fraction of sp³-hybridized carbons (Fsp3) is 1.00. The maximum Gasteiger partial charge on any atom is 0.0322 e. The molecule has 0 rings (SSSR count). The molecule has 7 heteroatoms. The molecule has 0 aliphatic heterocycles. The average Bonchev–Trinajstić information content (AvgIpc) is 2.03. The van der Waals surface area contributed by atoms with Gasteiger partial charge in [-0.1, -0.05) is 21.6 Å². The van der Waals surface area contributed by atoms with Crippen molar-refractivity contribution in [3.8, 4) is 0 Å². The van der Waals surface area contributed by atoms with Crippen LogP contribution in [0.4, 0.5) is 0 Å². The van der Waals surface area contributed by atoms with Crippen LogP contribution in [0.15, 0.2) is 0 Å². The van der Waals surface area contributed by atoms with Crippen LogP contribution >= 0.6 is 74.3 Å². The van der Waals surface area contributed by atoms with Gasteiger partial charge in [-0.3, -0.25) is 0 Å². The normalized spacial score (nSPS) is 10.4. The average molecular weight is 287 g/mol. The molecule has 0 atom stereocenters. The minimum Gasteiger partial charge on any atom is -0.126 e. The molecule has 0 amide bonds. The first-order chi connectivity index (χ1) is 5.41. The number of halogens is 2. The number of hydrogen-bond acceptors (Lipinski definition) is 5.